The van der Waals surface area contributed by atoms with Crippen LogP contribution in [-0.2, 0) is 0 Å². The number of nitrogens with zero attached hydrogens (tertiary/aromatic N) is 1. The highest BCUT2D eigenvalue weighted by Gasteiger charge is 2.14. The van der Waals surface area contributed by atoms with Crippen molar-refractivity contribution in [2.24, 2.45) is 0 Å². The van der Waals surface area contributed by atoms with Crippen molar-refractivity contribution in [1.82, 2.24) is 4.90 Å². The molecule has 1 heterocycles. The van der Waals surface area contributed by atoms with Gasteiger partial charge in [-0.2, -0.15) is 0 Å². The number of carbonyl (C=O) groups is 1. The van der Waals surface area contributed by atoms with Crippen LogP contribution in [0, 0.1) is 12.3 Å². The normalized spacial score (nSPS) is 9.23. The molecule has 0 bridgehead atoms. The number of terminal acetylenes is 1. The second-order valence-corrected chi connectivity index (χ2v) is 2.50. The molecule has 0 aliphatic heterocycles. The Morgan fingerprint density at radius 2 is 2.54 bits per heavy atom. The van der Waals surface area contributed by atoms with E-state index in [9.17, 15) is 4.79 Å². The number of hydrogen-bond acceptors (Lipinski definition) is 2. The Labute approximate surface area is 77.3 Å². The molecule has 3 nitrogen and oxygen atoms in total. The predicted molar refractivity (Wildman–Crippen MR) is 49.1 cm³/mol. The van der Waals surface area contributed by atoms with E-state index in [4.69, 9.17) is 10.8 Å². The van der Waals surface area contributed by atoms with Crippen molar-refractivity contribution >= 4 is 5.91 Å². The van der Waals surface area contributed by atoms with Crippen molar-refractivity contribution in [2.75, 3.05) is 13.1 Å². The van der Waals surface area contributed by atoms with Crippen LogP contribution in [0.5, 0.6) is 0 Å². The molecule has 0 N–H and O–H groups in total. The average molecular weight is 177 g/mol. The number of hydrogen-bond donors (Lipinski definition) is 0. The van der Waals surface area contributed by atoms with Gasteiger partial charge in [0.05, 0.1) is 12.8 Å². The van der Waals surface area contributed by atoms with Gasteiger partial charge >= 0.3 is 0 Å². The van der Waals surface area contributed by atoms with Gasteiger partial charge in [0, 0.05) is 6.54 Å². The van der Waals surface area contributed by atoms with E-state index in [0.717, 1.165) is 0 Å². The summed E-state index contributed by atoms with van der Waals surface area (Å²) in [5.41, 5.74) is 0. The first kappa shape index (κ1) is 9.40. The van der Waals surface area contributed by atoms with Gasteiger partial charge in [0.25, 0.3) is 5.91 Å². The molecule has 3 heteroatoms. The van der Waals surface area contributed by atoms with Crippen molar-refractivity contribution < 1.29 is 9.21 Å². The van der Waals surface area contributed by atoms with E-state index < -0.39 is 0 Å². The highest BCUT2D eigenvalue weighted by Crippen LogP contribution is 2.04. The minimum Gasteiger partial charge on any atom is -0.459 e. The molecule has 1 rings (SSSR count). The summed E-state index contributed by atoms with van der Waals surface area (Å²) in [7, 11) is 0. The molecule has 0 atom stereocenters. The van der Waals surface area contributed by atoms with Crippen LogP contribution in [0.3, 0.4) is 0 Å². The van der Waals surface area contributed by atoms with Gasteiger partial charge in [0.1, 0.15) is 0 Å². The van der Waals surface area contributed by atoms with Crippen LogP contribution in [-0.4, -0.2) is 23.9 Å². The lowest BCUT2D eigenvalue weighted by Gasteiger charge is -2.15. The monoisotopic (exact) mass is 177 g/mol. The third-order valence-electron chi connectivity index (χ3n) is 1.68. The van der Waals surface area contributed by atoms with E-state index >= 15 is 0 Å². The number of carbonyl (C=O) groups excluding carboxylic acids is 1. The van der Waals surface area contributed by atoms with Gasteiger partial charge in [-0.05, 0) is 19.1 Å². The molecule has 1 aromatic rings. The molecule has 0 aromatic carbocycles. The maximum absolute atomic E-state index is 11.6. The first-order chi connectivity index (χ1) is 6.29. The number of furan rings is 1. The van der Waals surface area contributed by atoms with Gasteiger partial charge in [-0.25, -0.2) is 0 Å². The molecule has 1 amide bonds. The molecule has 68 valence electrons. The lowest BCUT2D eigenvalue weighted by atomic mass is 10.3. The molecule has 0 aliphatic carbocycles. The van der Waals surface area contributed by atoms with Crippen LogP contribution in [0.2, 0.25) is 0 Å². The molecule has 0 unspecified atom stereocenters. The fourth-order valence-corrected chi connectivity index (χ4v) is 0.993. The van der Waals surface area contributed by atoms with Crippen LogP contribution < -0.4 is 0 Å². The van der Waals surface area contributed by atoms with Gasteiger partial charge in [-0.15, -0.1) is 6.42 Å². The zero-order valence-corrected chi connectivity index (χ0v) is 7.49. The first-order valence-electron chi connectivity index (χ1n) is 4.05. The quantitative estimate of drug-likeness (QED) is 0.653. The molecule has 0 saturated heterocycles. The standard InChI is InChI=1S/C10H11NO2/c1-3-7-11(4-2)10(12)9-6-5-8-13-9/h1,5-6,8H,4,7H2,2H3. The molecule has 0 spiro atoms. The largest absolute Gasteiger partial charge is 0.459 e. The minimum atomic E-state index is -0.162. The van der Waals surface area contributed by atoms with Gasteiger partial charge in [-0.3, -0.25) is 4.79 Å². The highest BCUT2D eigenvalue weighted by molar-refractivity contribution is 5.91. The Hall–Kier alpha value is -1.69. The summed E-state index contributed by atoms with van der Waals surface area (Å²) in [4.78, 5) is 13.1. The third kappa shape index (κ3) is 2.12. The first-order valence-corrected chi connectivity index (χ1v) is 4.05. The summed E-state index contributed by atoms with van der Waals surface area (Å²) in [6.45, 7) is 2.78. The predicted octanol–water partition coefficient (Wildman–Crippen LogP) is 1.37. The molecule has 0 saturated carbocycles. The lowest BCUT2D eigenvalue weighted by Crippen LogP contribution is -2.30. The summed E-state index contributed by atoms with van der Waals surface area (Å²) in [5.74, 6) is 2.59. The van der Waals surface area contributed by atoms with Crippen molar-refractivity contribution in [3.05, 3.63) is 24.2 Å². The van der Waals surface area contributed by atoms with E-state index in [1.54, 1.807) is 17.0 Å². The smallest absolute Gasteiger partial charge is 0.290 e. The van der Waals surface area contributed by atoms with Gasteiger partial charge in [-0.1, -0.05) is 5.92 Å². The highest BCUT2D eigenvalue weighted by atomic mass is 16.3. The number of rotatable bonds is 3. The van der Waals surface area contributed by atoms with Gasteiger partial charge < -0.3 is 9.32 Å². The van der Waals surface area contributed by atoms with Crippen molar-refractivity contribution in [3.8, 4) is 12.3 Å². The van der Waals surface area contributed by atoms with E-state index in [1.807, 2.05) is 6.92 Å². The van der Waals surface area contributed by atoms with Crippen molar-refractivity contribution in [2.45, 2.75) is 6.92 Å². The fourth-order valence-electron chi connectivity index (χ4n) is 0.993. The molecule has 0 radical (unpaired) electrons. The van der Waals surface area contributed by atoms with Crippen LogP contribution in [0.15, 0.2) is 22.8 Å². The molecule has 0 fully saturated rings. The van der Waals surface area contributed by atoms with Gasteiger partial charge in [0.2, 0.25) is 0 Å². The topological polar surface area (TPSA) is 33.5 Å². The lowest BCUT2D eigenvalue weighted by molar-refractivity contribution is 0.0753. The summed E-state index contributed by atoms with van der Waals surface area (Å²) in [6.07, 6.45) is 6.59. The van der Waals surface area contributed by atoms with Crippen LogP contribution in [0.1, 0.15) is 17.5 Å². The van der Waals surface area contributed by atoms with E-state index in [0.29, 0.717) is 18.8 Å². The van der Waals surface area contributed by atoms with E-state index in [1.165, 1.54) is 6.26 Å². The third-order valence-corrected chi connectivity index (χ3v) is 1.68. The molecule has 0 aliphatic rings. The van der Waals surface area contributed by atoms with Crippen molar-refractivity contribution in [3.63, 3.8) is 0 Å². The van der Waals surface area contributed by atoms with Crippen molar-refractivity contribution in [1.29, 1.82) is 0 Å². The minimum absolute atomic E-state index is 0.162. The maximum atomic E-state index is 11.6. The summed E-state index contributed by atoms with van der Waals surface area (Å²) in [5, 5.41) is 0. The maximum Gasteiger partial charge on any atom is 0.290 e. The molecule has 1 aromatic heterocycles. The summed E-state index contributed by atoms with van der Waals surface area (Å²) in [6, 6.07) is 3.30. The number of amides is 1. The Bertz CT molecular complexity index is 308. The zero-order valence-electron chi connectivity index (χ0n) is 7.49. The van der Waals surface area contributed by atoms with Gasteiger partial charge in [0.15, 0.2) is 5.76 Å². The van der Waals surface area contributed by atoms with Crippen LogP contribution in [0.25, 0.3) is 0 Å². The van der Waals surface area contributed by atoms with Crippen LogP contribution >= 0.6 is 0 Å². The molecular weight excluding hydrogens is 166 g/mol. The Kier molecular flexibility index (Phi) is 3.15. The Morgan fingerprint density at radius 3 is 3.00 bits per heavy atom. The molecular formula is C10H11NO2. The second kappa shape index (κ2) is 4.36. The summed E-state index contributed by atoms with van der Waals surface area (Å²) < 4.78 is 4.96. The fraction of sp³-hybridized carbons (Fsp3) is 0.300. The Morgan fingerprint density at radius 1 is 1.77 bits per heavy atom. The SMILES string of the molecule is C#CCN(CC)C(=O)c1ccco1. The molecule has 13 heavy (non-hydrogen) atoms. The van der Waals surface area contributed by atoms with Crippen LogP contribution in [0.4, 0.5) is 0 Å². The Balaban J connectivity index is 2.72. The second-order valence-electron chi connectivity index (χ2n) is 2.50. The summed E-state index contributed by atoms with van der Waals surface area (Å²) >= 11 is 0. The average Bonchev–Trinajstić information content (AvgIpc) is 2.65. The van der Waals surface area contributed by atoms with E-state index in [2.05, 4.69) is 5.92 Å². The zero-order chi connectivity index (χ0) is 9.68. The van der Waals surface area contributed by atoms with E-state index in [-0.39, 0.29) is 5.91 Å².